The Morgan fingerprint density at radius 1 is 1.24 bits per heavy atom. The van der Waals surface area contributed by atoms with Gasteiger partial charge in [-0.25, -0.2) is 13.4 Å². The maximum absolute atomic E-state index is 12.6. The summed E-state index contributed by atoms with van der Waals surface area (Å²) >= 11 is 8.72. The molecule has 3 rings (SSSR count). The van der Waals surface area contributed by atoms with Crippen LogP contribution in [0.15, 0.2) is 21.7 Å². The summed E-state index contributed by atoms with van der Waals surface area (Å²) in [5, 5.41) is 3.33. The quantitative estimate of drug-likeness (QED) is 0.686. The van der Waals surface area contributed by atoms with Crippen molar-refractivity contribution in [3.63, 3.8) is 0 Å². The third-order valence-corrected chi connectivity index (χ3v) is 8.76. The van der Waals surface area contributed by atoms with Crippen molar-refractivity contribution in [2.75, 3.05) is 26.2 Å². The van der Waals surface area contributed by atoms with Crippen LogP contribution in [0.5, 0.6) is 0 Å². The molecule has 0 radical (unpaired) electrons. The van der Waals surface area contributed by atoms with E-state index in [0.717, 1.165) is 43.1 Å². The number of aryl methyl sites for hydroxylation is 1. The highest BCUT2D eigenvalue weighted by atomic mass is 35.5. The molecule has 1 fully saturated rings. The van der Waals surface area contributed by atoms with Gasteiger partial charge in [-0.1, -0.05) is 24.9 Å². The maximum Gasteiger partial charge on any atom is 0.252 e. The third-order valence-electron chi connectivity index (χ3n) is 4.20. The Morgan fingerprint density at radius 2 is 2.00 bits per heavy atom. The summed E-state index contributed by atoms with van der Waals surface area (Å²) in [7, 11) is -3.42. The number of thiazole rings is 1. The second-order valence-electron chi connectivity index (χ2n) is 6.07. The van der Waals surface area contributed by atoms with Crippen molar-refractivity contribution in [2.24, 2.45) is 0 Å². The molecule has 2 aromatic rings. The summed E-state index contributed by atoms with van der Waals surface area (Å²) in [6.45, 7) is 5.43. The van der Waals surface area contributed by atoms with Crippen LogP contribution in [-0.4, -0.2) is 48.8 Å². The van der Waals surface area contributed by atoms with Gasteiger partial charge in [0.2, 0.25) is 0 Å². The molecule has 2 aromatic heterocycles. The molecule has 0 aliphatic carbocycles. The van der Waals surface area contributed by atoms with Crippen LogP contribution in [0.25, 0.3) is 0 Å². The first kappa shape index (κ1) is 19.3. The molecule has 1 aliphatic rings. The SMILES string of the molecule is CCCCc1nc(CN2CCN(S(=O)(=O)c3ccc(Cl)s3)CC2)cs1. The van der Waals surface area contributed by atoms with Gasteiger partial charge < -0.3 is 0 Å². The van der Waals surface area contributed by atoms with Gasteiger partial charge in [-0.15, -0.1) is 22.7 Å². The van der Waals surface area contributed by atoms with E-state index in [-0.39, 0.29) is 0 Å². The predicted molar refractivity (Wildman–Crippen MR) is 104 cm³/mol. The smallest absolute Gasteiger partial charge is 0.252 e. The molecule has 25 heavy (non-hydrogen) atoms. The first-order valence-electron chi connectivity index (χ1n) is 8.40. The van der Waals surface area contributed by atoms with Gasteiger partial charge in [0, 0.05) is 38.1 Å². The van der Waals surface area contributed by atoms with Crippen molar-refractivity contribution in [3.05, 3.63) is 32.6 Å². The van der Waals surface area contributed by atoms with Crippen molar-refractivity contribution >= 4 is 44.3 Å². The summed E-state index contributed by atoms with van der Waals surface area (Å²) < 4.78 is 27.6. The number of halogens is 1. The van der Waals surface area contributed by atoms with Crippen LogP contribution < -0.4 is 0 Å². The number of sulfonamides is 1. The lowest BCUT2D eigenvalue weighted by Crippen LogP contribution is -2.48. The molecule has 0 spiro atoms. The van der Waals surface area contributed by atoms with Gasteiger partial charge in [-0.05, 0) is 25.0 Å². The number of hydrogen-bond donors (Lipinski definition) is 0. The second kappa shape index (κ2) is 8.45. The van der Waals surface area contributed by atoms with Gasteiger partial charge in [0.1, 0.15) is 4.21 Å². The molecule has 1 saturated heterocycles. The summed E-state index contributed by atoms with van der Waals surface area (Å²) in [5.41, 5.74) is 1.09. The number of unbranched alkanes of at least 4 members (excludes halogenated alkanes) is 1. The summed E-state index contributed by atoms with van der Waals surface area (Å²) in [5.74, 6) is 0. The Labute approximate surface area is 162 Å². The zero-order valence-corrected chi connectivity index (χ0v) is 17.4. The van der Waals surface area contributed by atoms with E-state index in [1.807, 2.05) is 0 Å². The van der Waals surface area contributed by atoms with E-state index in [1.165, 1.54) is 17.8 Å². The topological polar surface area (TPSA) is 53.5 Å². The van der Waals surface area contributed by atoms with Gasteiger partial charge in [0.05, 0.1) is 15.0 Å². The van der Waals surface area contributed by atoms with E-state index in [4.69, 9.17) is 16.6 Å². The lowest BCUT2D eigenvalue weighted by molar-refractivity contribution is 0.180. The zero-order chi connectivity index (χ0) is 17.9. The Kier molecular flexibility index (Phi) is 6.51. The minimum absolute atomic E-state index is 0.325. The van der Waals surface area contributed by atoms with Crippen LogP contribution in [0.3, 0.4) is 0 Å². The Morgan fingerprint density at radius 3 is 2.64 bits per heavy atom. The van der Waals surface area contributed by atoms with Crippen molar-refractivity contribution in [2.45, 2.75) is 36.9 Å². The fraction of sp³-hybridized carbons (Fsp3) is 0.562. The fourth-order valence-corrected chi connectivity index (χ4v) is 6.68. The van der Waals surface area contributed by atoms with Crippen LogP contribution in [0.1, 0.15) is 30.5 Å². The highest BCUT2D eigenvalue weighted by Crippen LogP contribution is 2.28. The lowest BCUT2D eigenvalue weighted by atomic mass is 10.3. The lowest BCUT2D eigenvalue weighted by Gasteiger charge is -2.33. The van der Waals surface area contributed by atoms with Crippen LogP contribution >= 0.6 is 34.3 Å². The second-order valence-corrected chi connectivity index (χ2v) is 10.9. The van der Waals surface area contributed by atoms with E-state index in [2.05, 4.69) is 17.2 Å². The van der Waals surface area contributed by atoms with E-state index < -0.39 is 10.0 Å². The molecular formula is C16H22ClN3O2S3. The van der Waals surface area contributed by atoms with Crippen LogP contribution in [0, 0.1) is 0 Å². The molecule has 0 amide bonds. The summed E-state index contributed by atoms with van der Waals surface area (Å²) in [6, 6.07) is 3.22. The van der Waals surface area contributed by atoms with E-state index in [0.29, 0.717) is 21.6 Å². The number of thiophene rings is 1. The molecule has 5 nitrogen and oxygen atoms in total. The number of rotatable bonds is 7. The summed E-state index contributed by atoms with van der Waals surface area (Å²) in [4.78, 5) is 6.96. The maximum atomic E-state index is 12.6. The van der Waals surface area contributed by atoms with E-state index in [1.54, 1.807) is 27.8 Å². The largest absolute Gasteiger partial charge is 0.295 e. The molecule has 3 heterocycles. The van der Waals surface area contributed by atoms with Crippen molar-refractivity contribution in [1.29, 1.82) is 0 Å². The molecule has 0 N–H and O–H groups in total. The molecule has 1 aliphatic heterocycles. The van der Waals surface area contributed by atoms with Crippen LogP contribution in [-0.2, 0) is 23.0 Å². The summed E-state index contributed by atoms with van der Waals surface area (Å²) in [6.07, 6.45) is 3.41. The highest BCUT2D eigenvalue weighted by Gasteiger charge is 2.29. The molecule has 0 saturated carbocycles. The number of nitrogens with zero attached hydrogens (tertiary/aromatic N) is 3. The van der Waals surface area contributed by atoms with Gasteiger partial charge in [0.15, 0.2) is 0 Å². The average molecular weight is 420 g/mol. The Balaban J connectivity index is 1.54. The first-order valence-corrected chi connectivity index (χ1v) is 11.9. The minimum Gasteiger partial charge on any atom is -0.295 e. The predicted octanol–water partition coefficient (Wildman–Crippen LogP) is 3.71. The molecule has 0 unspecified atom stereocenters. The number of hydrogen-bond acceptors (Lipinski definition) is 6. The Hall–Kier alpha value is -0.510. The molecule has 0 bridgehead atoms. The third kappa shape index (κ3) is 4.81. The highest BCUT2D eigenvalue weighted by molar-refractivity contribution is 7.91. The molecule has 0 atom stereocenters. The van der Waals surface area contributed by atoms with Gasteiger partial charge in [0.25, 0.3) is 10.0 Å². The number of aromatic nitrogens is 1. The van der Waals surface area contributed by atoms with Crippen molar-refractivity contribution < 1.29 is 8.42 Å². The first-order chi connectivity index (χ1) is 12.0. The molecule has 0 aromatic carbocycles. The van der Waals surface area contributed by atoms with Crippen molar-refractivity contribution in [3.8, 4) is 0 Å². The molecule has 9 heteroatoms. The van der Waals surface area contributed by atoms with Gasteiger partial charge >= 0.3 is 0 Å². The fourth-order valence-electron chi connectivity index (χ4n) is 2.79. The van der Waals surface area contributed by atoms with Crippen LogP contribution in [0.4, 0.5) is 0 Å². The average Bonchev–Trinajstić information content (AvgIpc) is 3.23. The van der Waals surface area contributed by atoms with E-state index >= 15 is 0 Å². The molecule has 138 valence electrons. The zero-order valence-electron chi connectivity index (χ0n) is 14.1. The van der Waals surface area contributed by atoms with E-state index in [9.17, 15) is 8.42 Å². The van der Waals surface area contributed by atoms with Crippen LogP contribution in [0.2, 0.25) is 4.34 Å². The van der Waals surface area contributed by atoms with Crippen molar-refractivity contribution in [1.82, 2.24) is 14.2 Å². The minimum atomic E-state index is -3.42. The van der Waals surface area contributed by atoms with Gasteiger partial charge in [-0.2, -0.15) is 4.31 Å². The molecular weight excluding hydrogens is 398 g/mol. The standard InChI is InChI=1S/C16H22ClN3O2S3/c1-2-3-4-15-18-13(12-23-15)11-19-7-9-20(10-8-19)25(21,22)16-6-5-14(17)24-16/h5-6,12H,2-4,7-11H2,1H3. The Bertz CT molecular complexity index is 795. The number of piperazine rings is 1. The normalized spacial score (nSPS) is 17.2. The monoisotopic (exact) mass is 419 g/mol. The van der Waals surface area contributed by atoms with Gasteiger partial charge in [-0.3, -0.25) is 4.90 Å².